The standard InChI is InChI=1S/C13H25F3N2/c1-4-18-7-5-12(6-8-18)11(3)17-10(2)9-13(14,15)16/h10-12,17H,4-9H2,1-3H3. The van der Waals surface area contributed by atoms with Gasteiger partial charge in [-0.05, 0) is 52.2 Å². The van der Waals surface area contributed by atoms with E-state index in [4.69, 9.17) is 0 Å². The van der Waals surface area contributed by atoms with Crippen LogP contribution in [0, 0.1) is 5.92 Å². The summed E-state index contributed by atoms with van der Waals surface area (Å²) in [5.74, 6) is 0.503. The van der Waals surface area contributed by atoms with Gasteiger partial charge in [0.15, 0.2) is 0 Å². The highest BCUT2D eigenvalue weighted by Gasteiger charge is 2.31. The highest BCUT2D eigenvalue weighted by molar-refractivity contribution is 4.81. The maximum absolute atomic E-state index is 12.2. The largest absolute Gasteiger partial charge is 0.390 e. The first-order valence-corrected chi connectivity index (χ1v) is 6.87. The van der Waals surface area contributed by atoms with Crippen LogP contribution in [0.25, 0.3) is 0 Å². The molecule has 1 aliphatic rings. The Bertz CT molecular complexity index is 235. The average molecular weight is 266 g/mol. The Kier molecular flexibility index (Phi) is 5.92. The van der Waals surface area contributed by atoms with Crippen LogP contribution in [-0.4, -0.2) is 42.8 Å². The molecule has 1 heterocycles. The number of alkyl halides is 3. The molecule has 0 amide bonds. The van der Waals surface area contributed by atoms with Crippen LogP contribution in [0.5, 0.6) is 0 Å². The van der Waals surface area contributed by atoms with Gasteiger partial charge in [0.2, 0.25) is 0 Å². The number of hydrogen-bond acceptors (Lipinski definition) is 2. The van der Waals surface area contributed by atoms with Gasteiger partial charge in [0.25, 0.3) is 0 Å². The van der Waals surface area contributed by atoms with Gasteiger partial charge in [-0.3, -0.25) is 0 Å². The van der Waals surface area contributed by atoms with E-state index in [1.807, 2.05) is 6.92 Å². The Hall–Kier alpha value is -0.290. The number of likely N-dealkylation sites (tertiary alicyclic amines) is 1. The van der Waals surface area contributed by atoms with Crippen molar-refractivity contribution in [3.8, 4) is 0 Å². The predicted octanol–water partition coefficient (Wildman–Crippen LogP) is 3.04. The molecule has 2 atom stereocenters. The molecule has 2 nitrogen and oxygen atoms in total. The highest BCUT2D eigenvalue weighted by atomic mass is 19.4. The molecule has 1 aliphatic heterocycles. The second-order valence-electron chi connectivity index (χ2n) is 5.45. The molecule has 1 saturated heterocycles. The number of rotatable bonds is 5. The maximum atomic E-state index is 12.2. The van der Waals surface area contributed by atoms with E-state index in [0.29, 0.717) is 5.92 Å². The van der Waals surface area contributed by atoms with Crippen molar-refractivity contribution in [1.82, 2.24) is 10.2 Å². The number of halogens is 3. The summed E-state index contributed by atoms with van der Waals surface area (Å²) in [5, 5.41) is 3.10. The number of piperidine rings is 1. The highest BCUT2D eigenvalue weighted by Crippen LogP contribution is 2.24. The molecule has 0 aromatic heterocycles. The van der Waals surface area contributed by atoms with Crippen molar-refractivity contribution in [2.24, 2.45) is 5.92 Å². The average Bonchev–Trinajstić information content (AvgIpc) is 2.26. The Morgan fingerprint density at radius 1 is 1.22 bits per heavy atom. The third-order valence-corrected chi connectivity index (χ3v) is 3.87. The number of nitrogens with zero attached hydrogens (tertiary/aromatic N) is 1. The Morgan fingerprint density at radius 2 is 1.78 bits per heavy atom. The third kappa shape index (κ3) is 5.57. The normalized spacial score (nSPS) is 23.0. The van der Waals surface area contributed by atoms with Crippen LogP contribution in [0.2, 0.25) is 0 Å². The number of hydrogen-bond donors (Lipinski definition) is 1. The van der Waals surface area contributed by atoms with E-state index in [9.17, 15) is 13.2 Å². The van der Waals surface area contributed by atoms with Crippen LogP contribution in [0.1, 0.15) is 40.0 Å². The molecule has 0 spiro atoms. The Balaban J connectivity index is 2.30. The zero-order chi connectivity index (χ0) is 13.8. The first-order chi connectivity index (χ1) is 8.31. The SMILES string of the molecule is CCN1CCC(C(C)NC(C)CC(F)(F)F)CC1. The minimum Gasteiger partial charge on any atom is -0.311 e. The molecule has 2 unspecified atom stereocenters. The van der Waals surface area contributed by atoms with Gasteiger partial charge in [-0.25, -0.2) is 0 Å². The van der Waals surface area contributed by atoms with E-state index >= 15 is 0 Å². The monoisotopic (exact) mass is 266 g/mol. The van der Waals surface area contributed by atoms with Crippen LogP contribution in [0.3, 0.4) is 0 Å². The third-order valence-electron chi connectivity index (χ3n) is 3.87. The smallest absolute Gasteiger partial charge is 0.311 e. The van der Waals surface area contributed by atoms with Crippen LogP contribution in [0.4, 0.5) is 13.2 Å². The number of nitrogens with one attached hydrogen (secondary N) is 1. The van der Waals surface area contributed by atoms with Crippen molar-refractivity contribution in [2.75, 3.05) is 19.6 Å². The second-order valence-corrected chi connectivity index (χ2v) is 5.45. The molecule has 1 fully saturated rings. The van der Waals surface area contributed by atoms with Gasteiger partial charge < -0.3 is 10.2 Å². The van der Waals surface area contributed by atoms with Gasteiger partial charge in [0, 0.05) is 12.1 Å². The summed E-state index contributed by atoms with van der Waals surface area (Å²) in [6.07, 6.45) is -2.65. The van der Waals surface area contributed by atoms with Gasteiger partial charge in [-0.1, -0.05) is 6.92 Å². The topological polar surface area (TPSA) is 15.3 Å². The van der Waals surface area contributed by atoms with Crippen LogP contribution in [0.15, 0.2) is 0 Å². The summed E-state index contributed by atoms with van der Waals surface area (Å²) in [6.45, 7) is 8.98. The first-order valence-electron chi connectivity index (χ1n) is 6.87. The van der Waals surface area contributed by atoms with Gasteiger partial charge in [0.1, 0.15) is 0 Å². The lowest BCUT2D eigenvalue weighted by Crippen LogP contribution is -2.45. The van der Waals surface area contributed by atoms with E-state index in [2.05, 4.69) is 17.1 Å². The van der Waals surface area contributed by atoms with E-state index in [-0.39, 0.29) is 6.04 Å². The van der Waals surface area contributed by atoms with E-state index < -0.39 is 18.6 Å². The van der Waals surface area contributed by atoms with Crippen LogP contribution >= 0.6 is 0 Å². The summed E-state index contributed by atoms with van der Waals surface area (Å²) < 4.78 is 36.7. The summed E-state index contributed by atoms with van der Waals surface area (Å²) in [4.78, 5) is 2.39. The fraction of sp³-hybridized carbons (Fsp3) is 1.00. The summed E-state index contributed by atoms with van der Waals surface area (Å²) in [7, 11) is 0. The van der Waals surface area contributed by atoms with Crippen LogP contribution < -0.4 is 5.32 Å². The first kappa shape index (κ1) is 15.8. The van der Waals surface area contributed by atoms with Gasteiger partial charge in [-0.2, -0.15) is 13.2 Å². The lowest BCUT2D eigenvalue weighted by molar-refractivity contribution is -0.139. The predicted molar refractivity (Wildman–Crippen MR) is 67.6 cm³/mol. The van der Waals surface area contributed by atoms with Crippen molar-refractivity contribution >= 4 is 0 Å². The molecule has 18 heavy (non-hydrogen) atoms. The van der Waals surface area contributed by atoms with Gasteiger partial charge in [0.05, 0.1) is 6.42 Å². The van der Waals surface area contributed by atoms with E-state index in [1.54, 1.807) is 6.92 Å². The van der Waals surface area contributed by atoms with E-state index in [0.717, 1.165) is 32.5 Å². The van der Waals surface area contributed by atoms with E-state index in [1.165, 1.54) is 0 Å². The molecule has 5 heteroatoms. The summed E-state index contributed by atoms with van der Waals surface area (Å²) >= 11 is 0. The Labute approximate surface area is 108 Å². The molecule has 0 aliphatic carbocycles. The van der Waals surface area contributed by atoms with Crippen molar-refractivity contribution in [2.45, 2.75) is 58.3 Å². The molecule has 0 aromatic rings. The molecule has 0 bridgehead atoms. The van der Waals surface area contributed by atoms with Gasteiger partial charge >= 0.3 is 6.18 Å². The van der Waals surface area contributed by atoms with Crippen LogP contribution in [-0.2, 0) is 0 Å². The molecule has 0 radical (unpaired) electrons. The van der Waals surface area contributed by atoms with Crippen molar-refractivity contribution in [1.29, 1.82) is 0 Å². The lowest BCUT2D eigenvalue weighted by Gasteiger charge is -2.35. The summed E-state index contributed by atoms with van der Waals surface area (Å²) in [5.41, 5.74) is 0. The minimum absolute atomic E-state index is 0.168. The quantitative estimate of drug-likeness (QED) is 0.823. The second kappa shape index (κ2) is 6.75. The van der Waals surface area contributed by atoms with Crippen molar-refractivity contribution in [3.63, 3.8) is 0 Å². The molecule has 1 rings (SSSR count). The lowest BCUT2D eigenvalue weighted by atomic mass is 9.90. The minimum atomic E-state index is -4.07. The van der Waals surface area contributed by atoms with Crippen molar-refractivity contribution in [3.05, 3.63) is 0 Å². The molecular weight excluding hydrogens is 241 g/mol. The summed E-state index contributed by atoms with van der Waals surface area (Å²) in [6, 6.07) is -0.328. The zero-order valence-electron chi connectivity index (χ0n) is 11.6. The molecule has 0 saturated carbocycles. The molecule has 1 N–H and O–H groups in total. The molecule has 0 aromatic carbocycles. The molecular formula is C13H25F3N2. The molecule has 108 valence electrons. The zero-order valence-corrected chi connectivity index (χ0v) is 11.6. The Morgan fingerprint density at radius 3 is 2.22 bits per heavy atom. The fourth-order valence-corrected chi connectivity index (χ4v) is 2.76. The van der Waals surface area contributed by atoms with Crippen molar-refractivity contribution < 1.29 is 13.2 Å². The fourth-order valence-electron chi connectivity index (χ4n) is 2.76. The van der Waals surface area contributed by atoms with Gasteiger partial charge in [-0.15, -0.1) is 0 Å². The maximum Gasteiger partial charge on any atom is 0.390 e.